The number of aryl methyl sites for hydroxylation is 1. The van der Waals surface area contributed by atoms with Gasteiger partial charge in [-0.1, -0.05) is 25.9 Å². The molecule has 21 heavy (non-hydrogen) atoms. The van der Waals surface area contributed by atoms with Crippen molar-refractivity contribution in [2.24, 2.45) is 0 Å². The Hall–Kier alpha value is -2.61. The molecular weight excluding hydrogens is 266 g/mol. The molecule has 0 atom stereocenters. The lowest BCUT2D eigenvalue weighted by atomic mass is 9.88. The highest BCUT2D eigenvalue weighted by atomic mass is 16.5. The second-order valence-corrected chi connectivity index (χ2v) is 5.86. The molecule has 1 N–H and O–H groups in total. The summed E-state index contributed by atoms with van der Waals surface area (Å²) >= 11 is 0. The van der Waals surface area contributed by atoms with Gasteiger partial charge in [0.25, 0.3) is 5.91 Å². The first-order valence-corrected chi connectivity index (χ1v) is 6.61. The monoisotopic (exact) mass is 283 g/mol. The van der Waals surface area contributed by atoms with Crippen LogP contribution >= 0.6 is 0 Å². The Morgan fingerprint density at radius 1 is 1.29 bits per heavy atom. The van der Waals surface area contributed by atoms with Crippen molar-refractivity contribution in [1.82, 2.24) is 5.16 Å². The molecule has 2 rings (SSSR count). The van der Waals surface area contributed by atoms with Gasteiger partial charge < -0.3 is 9.84 Å². The third-order valence-corrected chi connectivity index (χ3v) is 3.07. The van der Waals surface area contributed by atoms with E-state index in [2.05, 4.69) is 10.5 Å². The van der Waals surface area contributed by atoms with E-state index in [9.17, 15) is 4.79 Å². The molecule has 0 spiro atoms. The van der Waals surface area contributed by atoms with Crippen LogP contribution in [0.4, 0.5) is 5.69 Å². The summed E-state index contributed by atoms with van der Waals surface area (Å²) in [5, 5.41) is 15.6. The Morgan fingerprint density at radius 2 is 1.90 bits per heavy atom. The van der Waals surface area contributed by atoms with Crippen LogP contribution in [0.1, 0.15) is 48.1 Å². The van der Waals surface area contributed by atoms with Crippen molar-refractivity contribution in [1.29, 1.82) is 5.26 Å². The smallest absolute Gasteiger partial charge is 0.261 e. The van der Waals surface area contributed by atoms with Crippen LogP contribution in [-0.2, 0) is 5.41 Å². The van der Waals surface area contributed by atoms with Crippen molar-refractivity contribution in [3.05, 3.63) is 46.8 Å². The first-order valence-electron chi connectivity index (χ1n) is 6.61. The van der Waals surface area contributed by atoms with Crippen LogP contribution in [0.3, 0.4) is 0 Å². The second-order valence-electron chi connectivity index (χ2n) is 5.86. The largest absolute Gasteiger partial charge is 0.361 e. The van der Waals surface area contributed by atoms with Gasteiger partial charge in [-0.05, 0) is 31.2 Å². The van der Waals surface area contributed by atoms with E-state index in [0.29, 0.717) is 28.3 Å². The molecule has 0 fully saturated rings. The number of anilines is 1. The molecule has 0 bridgehead atoms. The summed E-state index contributed by atoms with van der Waals surface area (Å²) in [6.45, 7) is 7.64. The number of nitrogens with one attached hydrogen (secondary N) is 1. The van der Waals surface area contributed by atoms with Crippen LogP contribution in [-0.4, -0.2) is 11.1 Å². The average Bonchev–Trinajstić information content (AvgIpc) is 2.81. The van der Waals surface area contributed by atoms with Gasteiger partial charge in [0.15, 0.2) is 0 Å². The molecule has 0 saturated carbocycles. The molecule has 0 radical (unpaired) electrons. The third-order valence-electron chi connectivity index (χ3n) is 3.07. The van der Waals surface area contributed by atoms with Crippen LogP contribution in [0, 0.1) is 18.3 Å². The minimum atomic E-state index is -0.283. The number of aromatic nitrogens is 1. The summed E-state index contributed by atoms with van der Waals surface area (Å²) < 4.78 is 5.16. The van der Waals surface area contributed by atoms with E-state index in [1.165, 1.54) is 0 Å². The summed E-state index contributed by atoms with van der Waals surface area (Å²) in [7, 11) is 0. The average molecular weight is 283 g/mol. The van der Waals surface area contributed by atoms with Gasteiger partial charge in [0, 0.05) is 11.1 Å². The highest BCUT2D eigenvalue weighted by Gasteiger charge is 2.28. The number of benzene rings is 1. The van der Waals surface area contributed by atoms with Crippen LogP contribution in [0.25, 0.3) is 0 Å². The fraction of sp³-hybridized carbons (Fsp3) is 0.312. The Kier molecular flexibility index (Phi) is 3.81. The molecule has 2 aromatic rings. The fourth-order valence-electron chi connectivity index (χ4n) is 1.97. The van der Waals surface area contributed by atoms with E-state index in [-0.39, 0.29) is 11.3 Å². The fourth-order valence-corrected chi connectivity index (χ4v) is 1.97. The van der Waals surface area contributed by atoms with Gasteiger partial charge in [0.2, 0.25) is 0 Å². The molecule has 1 aromatic carbocycles. The molecule has 0 aliphatic rings. The molecule has 5 nitrogen and oxygen atoms in total. The molecule has 0 unspecified atom stereocenters. The SMILES string of the molecule is Cc1onc(C(C)(C)C)c1C(=O)Nc1ccc(C#N)cc1. The quantitative estimate of drug-likeness (QED) is 0.916. The van der Waals surface area contributed by atoms with Crippen LogP contribution in [0.2, 0.25) is 0 Å². The standard InChI is InChI=1S/C16H17N3O2/c1-10-13(14(19-21-10)16(2,3)4)15(20)18-12-7-5-11(9-17)6-8-12/h5-8H,1-4H3,(H,18,20). The van der Waals surface area contributed by atoms with Gasteiger partial charge >= 0.3 is 0 Å². The van der Waals surface area contributed by atoms with E-state index in [4.69, 9.17) is 9.78 Å². The molecule has 0 saturated heterocycles. The minimum Gasteiger partial charge on any atom is -0.361 e. The lowest BCUT2D eigenvalue weighted by Crippen LogP contribution is -2.21. The molecular formula is C16H17N3O2. The number of hydrogen-bond donors (Lipinski definition) is 1. The van der Waals surface area contributed by atoms with Gasteiger partial charge in [-0.25, -0.2) is 0 Å². The Balaban J connectivity index is 2.28. The lowest BCUT2D eigenvalue weighted by Gasteiger charge is -2.16. The number of nitrogens with zero attached hydrogens (tertiary/aromatic N) is 2. The van der Waals surface area contributed by atoms with Crippen LogP contribution < -0.4 is 5.32 Å². The Labute approximate surface area is 123 Å². The highest BCUT2D eigenvalue weighted by molar-refractivity contribution is 6.05. The Morgan fingerprint density at radius 3 is 2.43 bits per heavy atom. The summed E-state index contributed by atoms with van der Waals surface area (Å²) in [6, 6.07) is 8.72. The van der Waals surface area contributed by atoms with Gasteiger partial charge in [-0.15, -0.1) is 0 Å². The maximum absolute atomic E-state index is 12.4. The minimum absolute atomic E-state index is 0.261. The topological polar surface area (TPSA) is 78.9 Å². The van der Waals surface area contributed by atoms with E-state index in [1.807, 2.05) is 26.8 Å². The zero-order valence-electron chi connectivity index (χ0n) is 12.5. The maximum Gasteiger partial charge on any atom is 0.261 e. The number of carbonyl (C=O) groups is 1. The summed E-state index contributed by atoms with van der Waals surface area (Å²) in [4.78, 5) is 12.4. The van der Waals surface area contributed by atoms with Crippen molar-refractivity contribution in [2.45, 2.75) is 33.1 Å². The molecule has 1 aromatic heterocycles. The number of hydrogen-bond acceptors (Lipinski definition) is 4. The van der Waals surface area contributed by atoms with Gasteiger partial charge in [0.05, 0.1) is 11.6 Å². The third kappa shape index (κ3) is 3.11. The lowest BCUT2D eigenvalue weighted by molar-refractivity contribution is 0.102. The predicted octanol–water partition coefficient (Wildman–Crippen LogP) is 3.40. The van der Waals surface area contributed by atoms with E-state index >= 15 is 0 Å². The predicted molar refractivity (Wildman–Crippen MR) is 79.1 cm³/mol. The van der Waals surface area contributed by atoms with Crippen LogP contribution in [0.15, 0.2) is 28.8 Å². The van der Waals surface area contributed by atoms with Gasteiger partial charge in [0.1, 0.15) is 17.0 Å². The van der Waals surface area contributed by atoms with E-state index in [0.717, 1.165) is 0 Å². The molecule has 0 aliphatic heterocycles. The van der Waals surface area contributed by atoms with Crippen molar-refractivity contribution >= 4 is 11.6 Å². The van der Waals surface area contributed by atoms with E-state index < -0.39 is 0 Å². The molecule has 1 heterocycles. The molecule has 1 amide bonds. The number of rotatable bonds is 2. The normalized spacial score (nSPS) is 11.0. The number of amides is 1. The maximum atomic E-state index is 12.4. The van der Waals surface area contributed by atoms with E-state index in [1.54, 1.807) is 31.2 Å². The number of nitriles is 1. The second kappa shape index (κ2) is 5.41. The zero-order chi connectivity index (χ0) is 15.6. The molecule has 5 heteroatoms. The van der Waals surface area contributed by atoms with Crippen molar-refractivity contribution < 1.29 is 9.32 Å². The van der Waals surface area contributed by atoms with Gasteiger partial charge in [-0.3, -0.25) is 4.79 Å². The molecule has 0 aliphatic carbocycles. The van der Waals surface area contributed by atoms with Crippen molar-refractivity contribution in [3.63, 3.8) is 0 Å². The zero-order valence-corrected chi connectivity index (χ0v) is 12.5. The highest BCUT2D eigenvalue weighted by Crippen LogP contribution is 2.27. The van der Waals surface area contributed by atoms with Crippen molar-refractivity contribution in [2.75, 3.05) is 5.32 Å². The summed E-state index contributed by atoms with van der Waals surface area (Å²) in [5.41, 5.74) is 1.98. The first kappa shape index (κ1) is 14.8. The number of carbonyl (C=O) groups excluding carboxylic acids is 1. The summed E-state index contributed by atoms with van der Waals surface area (Å²) in [6.07, 6.45) is 0. The van der Waals surface area contributed by atoms with Gasteiger partial charge in [-0.2, -0.15) is 5.26 Å². The van der Waals surface area contributed by atoms with Crippen molar-refractivity contribution in [3.8, 4) is 6.07 Å². The molecule has 108 valence electrons. The summed E-state index contributed by atoms with van der Waals surface area (Å²) in [5.74, 6) is 0.231. The Bertz CT molecular complexity index is 701. The van der Waals surface area contributed by atoms with Crippen LogP contribution in [0.5, 0.6) is 0 Å². The first-order chi connectivity index (χ1) is 9.82.